The smallest absolute Gasteiger partial charge is 0.236 e. The standard InChI is InChI=1S/C20H30N2O2/c1-3-12-21(13-4-2)16-19(24)22-14-10-20(17-23,11-15-22)18-8-6-5-7-9-18/h5-9,17H,3-4,10-16H2,1-2H3. The number of carbonyl (C=O) groups excluding carboxylic acids is 2. The Hall–Kier alpha value is -1.68. The maximum atomic E-state index is 12.6. The molecule has 0 spiro atoms. The zero-order chi connectivity index (χ0) is 17.4. The molecule has 0 N–H and O–H groups in total. The van der Waals surface area contributed by atoms with Crippen molar-refractivity contribution >= 4 is 12.2 Å². The van der Waals surface area contributed by atoms with Gasteiger partial charge in [0.2, 0.25) is 5.91 Å². The molecule has 1 aromatic rings. The number of carbonyl (C=O) groups is 2. The zero-order valence-electron chi connectivity index (χ0n) is 15.0. The molecule has 1 amide bonds. The number of benzene rings is 1. The number of nitrogens with zero attached hydrogens (tertiary/aromatic N) is 2. The molecule has 4 heteroatoms. The maximum Gasteiger partial charge on any atom is 0.236 e. The third-order valence-corrected chi connectivity index (χ3v) is 5.02. The van der Waals surface area contributed by atoms with E-state index in [0.29, 0.717) is 32.5 Å². The molecule has 1 aliphatic rings. The largest absolute Gasteiger partial charge is 0.341 e. The van der Waals surface area contributed by atoms with E-state index in [1.807, 2.05) is 35.2 Å². The predicted molar refractivity (Wildman–Crippen MR) is 97.0 cm³/mol. The van der Waals surface area contributed by atoms with E-state index in [1.165, 1.54) is 0 Å². The quantitative estimate of drug-likeness (QED) is 0.688. The fourth-order valence-corrected chi connectivity index (χ4v) is 3.59. The van der Waals surface area contributed by atoms with E-state index in [-0.39, 0.29) is 5.91 Å². The van der Waals surface area contributed by atoms with E-state index in [0.717, 1.165) is 37.8 Å². The van der Waals surface area contributed by atoms with Crippen molar-refractivity contribution in [3.8, 4) is 0 Å². The summed E-state index contributed by atoms with van der Waals surface area (Å²) in [5, 5.41) is 0. The van der Waals surface area contributed by atoms with Crippen molar-refractivity contribution in [2.45, 2.75) is 44.9 Å². The van der Waals surface area contributed by atoms with Crippen molar-refractivity contribution in [3.63, 3.8) is 0 Å². The van der Waals surface area contributed by atoms with Crippen LogP contribution in [0.5, 0.6) is 0 Å². The molecule has 1 heterocycles. The lowest BCUT2D eigenvalue weighted by molar-refractivity contribution is -0.135. The lowest BCUT2D eigenvalue weighted by Gasteiger charge is -2.39. The second-order valence-corrected chi connectivity index (χ2v) is 6.80. The lowest BCUT2D eigenvalue weighted by atomic mass is 9.74. The van der Waals surface area contributed by atoms with Crippen LogP contribution in [0.2, 0.25) is 0 Å². The van der Waals surface area contributed by atoms with Gasteiger partial charge in [0.15, 0.2) is 0 Å². The molecule has 1 saturated heterocycles. The van der Waals surface area contributed by atoms with E-state index in [1.54, 1.807) is 0 Å². The highest BCUT2D eigenvalue weighted by atomic mass is 16.2. The van der Waals surface area contributed by atoms with Crippen LogP contribution in [0.25, 0.3) is 0 Å². The zero-order valence-corrected chi connectivity index (χ0v) is 15.0. The summed E-state index contributed by atoms with van der Waals surface area (Å²) in [5.41, 5.74) is 0.649. The Labute approximate surface area is 145 Å². The van der Waals surface area contributed by atoms with Crippen LogP contribution < -0.4 is 0 Å². The first kappa shape index (κ1) is 18.7. The first-order valence-corrected chi connectivity index (χ1v) is 9.17. The molecule has 0 aromatic heterocycles. The summed E-state index contributed by atoms with van der Waals surface area (Å²) in [6.07, 6.45) is 4.65. The van der Waals surface area contributed by atoms with Crippen molar-refractivity contribution in [3.05, 3.63) is 35.9 Å². The third-order valence-electron chi connectivity index (χ3n) is 5.02. The van der Waals surface area contributed by atoms with E-state index in [9.17, 15) is 9.59 Å². The van der Waals surface area contributed by atoms with Gasteiger partial charge in [-0.3, -0.25) is 9.69 Å². The Morgan fingerprint density at radius 2 is 1.71 bits per heavy atom. The number of likely N-dealkylation sites (tertiary alicyclic amines) is 1. The Bertz CT molecular complexity index is 516. The average Bonchev–Trinajstić information content (AvgIpc) is 2.63. The fourth-order valence-electron chi connectivity index (χ4n) is 3.59. The van der Waals surface area contributed by atoms with Crippen molar-refractivity contribution in [1.82, 2.24) is 9.80 Å². The number of amides is 1. The number of rotatable bonds is 8. The molecule has 0 bridgehead atoms. The Morgan fingerprint density at radius 1 is 1.12 bits per heavy atom. The van der Waals surface area contributed by atoms with Gasteiger partial charge in [0.05, 0.1) is 12.0 Å². The average molecular weight is 330 g/mol. The van der Waals surface area contributed by atoms with Gasteiger partial charge in [0.25, 0.3) is 0 Å². The fraction of sp³-hybridized carbons (Fsp3) is 0.600. The van der Waals surface area contributed by atoms with Gasteiger partial charge in [-0.15, -0.1) is 0 Å². The molecule has 0 aliphatic carbocycles. The first-order valence-electron chi connectivity index (χ1n) is 9.17. The summed E-state index contributed by atoms with van der Waals surface area (Å²) in [5.74, 6) is 0.199. The SMILES string of the molecule is CCCN(CCC)CC(=O)N1CCC(C=O)(c2ccccc2)CC1. The molecule has 0 radical (unpaired) electrons. The molecule has 0 atom stereocenters. The van der Waals surface area contributed by atoms with Crippen molar-refractivity contribution in [1.29, 1.82) is 0 Å². The monoisotopic (exact) mass is 330 g/mol. The van der Waals surface area contributed by atoms with E-state index >= 15 is 0 Å². The second kappa shape index (κ2) is 8.97. The molecule has 1 aromatic carbocycles. The molecule has 24 heavy (non-hydrogen) atoms. The molecular weight excluding hydrogens is 300 g/mol. The van der Waals surface area contributed by atoms with Gasteiger partial charge >= 0.3 is 0 Å². The Kier molecular flexibility index (Phi) is 6.98. The normalized spacial score (nSPS) is 17.0. The topological polar surface area (TPSA) is 40.6 Å². The van der Waals surface area contributed by atoms with Crippen LogP contribution in [-0.2, 0) is 15.0 Å². The van der Waals surface area contributed by atoms with E-state index < -0.39 is 5.41 Å². The molecule has 0 unspecified atom stereocenters. The van der Waals surface area contributed by atoms with Gasteiger partial charge in [-0.25, -0.2) is 0 Å². The molecule has 1 aliphatic heterocycles. The summed E-state index contributed by atoms with van der Waals surface area (Å²) in [4.78, 5) is 28.6. The molecule has 132 valence electrons. The summed E-state index contributed by atoms with van der Waals surface area (Å²) in [7, 11) is 0. The van der Waals surface area contributed by atoms with Gasteiger partial charge in [-0.2, -0.15) is 0 Å². The number of hydrogen-bond acceptors (Lipinski definition) is 3. The van der Waals surface area contributed by atoms with Crippen LogP contribution >= 0.6 is 0 Å². The summed E-state index contributed by atoms with van der Waals surface area (Å²) in [6, 6.07) is 9.97. The third kappa shape index (κ3) is 4.44. The highest BCUT2D eigenvalue weighted by Gasteiger charge is 2.37. The van der Waals surface area contributed by atoms with Gasteiger partial charge in [-0.05, 0) is 44.3 Å². The van der Waals surface area contributed by atoms with E-state index in [2.05, 4.69) is 18.7 Å². The van der Waals surface area contributed by atoms with Crippen LogP contribution in [0.4, 0.5) is 0 Å². The van der Waals surface area contributed by atoms with Gasteiger partial charge in [-0.1, -0.05) is 44.2 Å². The van der Waals surface area contributed by atoms with Crippen LogP contribution in [0.15, 0.2) is 30.3 Å². The minimum absolute atomic E-state index is 0.199. The summed E-state index contributed by atoms with van der Waals surface area (Å²) >= 11 is 0. The first-order chi connectivity index (χ1) is 11.6. The molecular formula is C20H30N2O2. The van der Waals surface area contributed by atoms with Gasteiger partial charge in [0, 0.05) is 13.1 Å². The lowest BCUT2D eigenvalue weighted by Crippen LogP contribution is -2.49. The van der Waals surface area contributed by atoms with Crippen molar-refractivity contribution in [2.75, 3.05) is 32.7 Å². The number of piperidine rings is 1. The minimum atomic E-state index is -0.426. The van der Waals surface area contributed by atoms with Crippen LogP contribution in [0.1, 0.15) is 45.1 Å². The molecule has 2 rings (SSSR count). The predicted octanol–water partition coefficient (Wildman–Crippen LogP) is 2.87. The highest BCUT2D eigenvalue weighted by Crippen LogP contribution is 2.33. The van der Waals surface area contributed by atoms with Crippen molar-refractivity contribution < 1.29 is 9.59 Å². The summed E-state index contributed by atoms with van der Waals surface area (Å²) < 4.78 is 0. The second-order valence-electron chi connectivity index (χ2n) is 6.80. The van der Waals surface area contributed by atoms with Crippen LogP contribution in [0.3, 0.4) is 0 Å². The minimum Gasteiger partial charge on any atom is -0.341 e. The molecule has 1 fully saturated rings. The Balaban J connectivity index is 1.96. The molecule has 4 nitrogen and oxygen atoms in total. The molecule has 0 saturated carbocycles. The van der Waals surface area contributed by atoms with Gasteiger partial charge in [0.1, 0.15) is 6.29 Å². The van der Waals surface area contributed by atoms with Crippen molar-refractivity contribution in [2.24, 2.45) is 0 Å². The summed E-state index contributed by atoms with van der Waals surface area (Å²) in [6.45, 7) is 8.06. The van der Waals surface area contributed by atoms with Crippen LogP contribution in [0, 0.1) is 0 Å². The maximum absolute atomic E-state index is 12.6. The number of aldehydes is 1. The van der Waals surface area contributed by atoms with E-state index in [4.69, 9.17) is 0 Å². The van der Waals surface area contributed by atoms with Crippen LogP contribution in [-0.4, -0.2) is 54.7 Å². The Morgan fingerprint density at radius 3 is 2.21 bits per heavy atom. The van der Waals surface area contributed by atoms with Gasteiger partial charge < -0.3 is 9.69 Å². The number of hydrogen-bond donors (Lipinski definition) is 0. The highest BCUT2D eigenvalue weighted by molar-refractivity contribution is 5.79.